The smallest absolute Gasteiger partial charge is 0.227 e. The standard InChI is InChI=1S/C23H35N3O2/c27-21(19-6-2-1-3-7-19)16-26-12-9-18(10-13-26)14-25-22(28)23-11-5-4-8-20(23)15-24-17-23/h1-3,6-7,18,20-21,24,27H,4-5,8-17H2,(H,25,28)/t20-,21?,23+/m0/s1. The average molecular weight is 386 g/mol. The van der Waals surface area contributed by atoms with Gasteiger partial charge in [0.05, 0.1) is 11.5 Å². The molecule has 2 heterocycles. The number of rotatable bonds is 6. The summed E-state index contributed by atoms with van der Waals surface area (Å²) in [6, 6.07) is 9.91. The first kappa shape index (κ1) is 19.9. The number of hydrogen-bond donors (Lipinski definition) is 3. The highest BCUT2D eigenvalue weighted by Gasteiger charge is 2.49. The molecule has 0 bridgehead atoms. The third-order valence-electron chi connectivity index (χ3n) is 7.36. The SMILES string of the molecule is O=C(NCC1CCN(CC(O)c2ccccc2)CC1)[C@@]12CCCC[C@H]1CNC2. The number of likely N-dealkylation sites (tertiary alicyclic amines) is 1. The molecule has 1 amide bonds. The van der Waals surface area contributed by atoms with E-state index >= 15 is 0 Å². The molecule has 1 saturated carbocycles. The predicted molar refractivity (Wildman–Crippen MR) is 111 cm³/mol. The highest BCUT2D eigenvalue weighted by molar-refractivity contribution is 5.83. The zero-order valence-corrected chi connectivity index (χ0v) is 16.9. The number of carbonyl (C=O) groups is 1. The number of β-amino-alcohol motifs (C(OH)–C–C–N with tert-alkyl or cyclic N) is 1. The van der Waals surface area contributed by atoms with Crippen LogP contribution in [0.4, 0.5) is 0 Å². The number of piperidine rings is 1. The van der Waals surface area contributed by atoms with Crippen LogP contribution < -0.4 is 10.6 Å². The lowest BCUT2D eigenvalue weighted by molar-refractivity contribution is -0.134. The van der Waals surface area contributed by atoms with Crippen molar-refractivity contribution in [3.8, 4) is 0 Å². The van der Waals surface area contributed by atoms with Crippen LogP contribution in [0.1, 0.15) is 50.2 Å². The molecule has 1 aliphatic carbocycles. The normalized spacial score (nSPS) is 30.0. The van der Waals surface area contributed by atoms with E-state index in [-0.39, 0.29) is 5.41 Å². The first-order valence-corrected chi connectivity index (χ1v) is 11.1. The van der Waals surface area contributed by atoms with Gasteiger partial charge in [-0.15, -0.1) is 0 Å². The lowest BCUT2D eigenvalue weighted by Crippen LogP contribution is -2.49. The van der Waals surface area contributed by atoms with Crippen molar-refractivity contribution in [3.63, 3.8) is 0 Å². The van der Waals surface area contributed by atoms with Crippen LogP contribution >= 0.6 is 0 Å². The number of hydrogen-bond acceptors (Lipinski definition) is 4. The summed E-state index contributed by atoms with van der Waals surface area (Å²) in [5, 5.41) is 17.2. The number of nitrogens with one attached hydrogen (secondary N) is 2. The summed E-state index contributed by atoms with van der Waals surface area (Å²) >= 11 is 0. The van der Waals surface area contributed by atoms with Gasteiger partial charge in [-0.25, -0.2) is 0 Å². The number of nitrogens with zero attached hydrogens (tertiary/aromatic N) is 1. The summed E-state index contributed by atoms with van der Waals surface area (Å²) in [7, 11) is 0. The van der Waals surface area contributed by atoms with Gasteiger partial charge >= 0.3 is 0 Å². The summed E-state index contributed by atoms with van der Waals surface area (Å²) in [6.45, 7) is 5.37. The van der Waals surface area contributed by atoms with Crippen LogP contribution in [0, 0.1) is 17.3 Å². The number of aliphatic hydroxyl groups excluding tert-OH is 1. The van der Waals surface area contributed by atoms with Crippen LogP contribution in [0.5, 0.6) is 0 Å². The van der Waals surface area contributed by atoms with Crippen molar-refractivity contribution < 1.29 is 9.90 Å². The molecule has 3 atom stereocenters. The Morgan fingerprint density at radius 1 is 1.21 bits per heavy atom. The summed E-state index contributed by atoms with van der Waals surface area (Å²) in [5.41, 5.74) is 0.849. The number of benzene rings is 1. The Bertz CT molecular complexity index is 645. The Hall–Kier alpha value is -1.43. The molecule has 1 aromatic rings. The zero-order valence-electron chi connectivity index (χ0n) is 16.9. The van der Waals surface area contributed by atoms with E-state index in [1.807, 2.05) is 30.3 Å². The van der Waals surface area contributed by atoms with Crippen molar-refractivity contribution in [2.45, 2.75) is 44.6 Å². The number of amides is 1. The Morgan fingerprint density at radius 3 is 2.79 bits per heavy atom. The van der Waals surface area contributed by atoms with E-state index < -0.39 is 6.10 Å². The minimum atomic E-state index is -0.422. The molecule has 28 heavy (non-hydrogen) atoms. The van der Waals surface area contributed by atoms with Crippen LogP contribution in [0.3, 0.4) is 0 Å². The Labute approximate surface area is 168 Å². The maximum atomic E-state index is 13.0. The van der Waals surface area contributed by atoms with Gasteiger partial charge in [0, 0.05) is 19.6 Å². The van der Waals surface area contributed by atoms with Gasteiger partial charge in [-0.05, 0) is 62.7 Å². The highest BCUT2D eigenvalue weighted by Crippen LogP contribution is 2.43. The molecule has 1 unspecified atom stereocenters. The van der Waals surface area contributed by atoms with Crippen molar-refractivity contribution in [2.24, 2.45) is 17.3 Å². The molecule has 154 valence electrons. The fourth-order valence-corrected chi connectivity index (χ4v) is 5.50. The van der Waals surface area contributed by atoms with Gasteiger partial charge in [-0.1, -0.05) is 43.2 Å². The Morgan fingerprint density at radius 2 is 2.00 bits per heavy atom. The van der Waals surface area contributed by atoms with Crippen molar-refractivity contribution >= 4 is 5.91 Å². The average Bonchev–Trinajstić information content (AvgIpc) is 3.19. The van der Waals surface area contributed by atoms with E-state index in [0.717, 1.165) is 57.5 Å². The lowest BCUT2D eigenvalue weighted by atomic mass is 9.67. The van der Waals surface area contributed by atoms with Crippen LogP contribution in [0.15, 0.2) is 30.3 Å². The maximum absolute atomic E-state index is 13.0. The summed E-state index contributed by atoms with van der Waals surface area (Å²) in [4.78, 5) is 15.4. The second-order valence-corrected chi connectivity index (χ2v) is 9.11. The molecule has 0 radical (unpaired) electrons. The molecule has 3 aliphatic rings. The number of aliphatic hydroxyl groups is 1. The van der Waals surface area contributed by atoms with Gasteiger partial charge in [0.15, 0.2) is 0 Å². The fourth-order valence-electron chi connectivity index (χ4n) is 5.50. The van der Waals surface area contributed by atoms with Crippen molar-refractivity contribution in [2.75, 3.05) is 39.3 Å². The summed E-state index contributed by atoms with van der Waals surface area (Å²) in [5.74, 6) is 1.38. The lowest BCUT2D eigenvalue weighted by Gasteiger charge is -2.38. The van der Waals surface area contributed by atoms with Gasteiger partial charge in [0.25, 0.3) is 0 Å². The van der Waals surface area contributed by atoms with E-state index in [4.69, 9.17) is 0 Å². The summed E-state index contributed by atoms with van der Waals surface area (Å²) in [6.07, 6.45) is 6.47. The molecule has 3 fully saturated rings. The van der Waals surface area contributed by atoms with Crippen LogP contribution in [-0.2, 0) is 4.79 Å². The van der Waals surface area contributed by atoms with E-state index in [9.17, 15) is 9.90 Å². The summed E-state index contributed by atoms with van der Waals surface area (Å²) < 4.78 is 0. The largest absolute Gasteiger partial charge is 0.387 e. The first-order chi connectivity index (χ1) is 13.7. The van der Waals surface area contributed by atoms with Gasteiger partial charge in [0.2, 0.25) is 5.91 Å². The Balaban J connectivity index is 1.21. The van der Waals surface area contributed by atoms with E-state index in [2.05, 4.69) is 15.5 Å². The van der Waals surface area contributed by atoms with Crippen molar-refractivity contribution in [1.29, 1.82) is 0 Å². The van der Waals surface area contributed by atoms with Gasteiger partial charge in [-0.3, -0.25) is 4.79 Å². The molecule has 5 heteroatoms. The van der Waals surface area contributed by atoms with E-state index in [1.165, 1.54) is 19.3 Å². The van der Waals surface area contributed by atoms with Gasteiger partial charge < -0.3 is 20.6 Å². The second kappa shape index (κ2) is 8.93. The maximum Gasteiger partial charge on any atom is 0.227 e. The molecule has 3 N–H and O–H groups in total. The third kappa shape index (κ3) is 4.27. The van der Waals surface area contributed by atoms with Crippen molar-refractivity contribution in [3.05, 3.63) is 35.9 Å². The molecular formula is C23H35N3O2. The first-order valence-electron chi connectivity index (χ1n) is 11.1. The molecule has 2 saturated heterocycles. The second-order valence-electron chi connectivity index (χ2n) is 9.11. The Kier molecular flexibility index (Phi) is 6.34. The van der Waals surface area contributed by atoms with Gasteiger partial charge in [0.1, 0.15) is 0 Å². The topological polar surface area (TPSA) is 64.6 Å². The third-order valence-corrected chi connectivity index (χ3v) is 7.36. The quantitative estimate of drug-likeness (QED) is 0.703. The zero-order chi connectivity index (χ0) is 19.4. The van der Waals surface area contributed by atoms with Crippen LogP contribution in [0.2, 0.25) is 0 Å². The van der Waals surface area contributed by atoms with Crippen LogP contribution in [-0.4, -0.2) is 55.2 Å². The molecule has 0 aromatic heterocycles. The predicted octanol–water partition coefficient (Wildman–Crippen LogP) is 2.33. The molecule has 2 aliphatic heterocycles. The molecular weight excluding hydrogens is 350 g/mol. The molecule has 1 aromatic carbocycles. The van der Waals surface area contributed by atoms with Gasteiger partial charge in [-0.2, -0.15) is 0 Å². The minimum absolute atomic E-state index is 0.140. The van der Waals surface area contributed by atoms with Crippen LogP contribution in [0.25, 0.3) is 0 Å². The van der Waals surface area contributed by atoms with E-state index in [0.29, 0.717) is 24.3 Å². The molecule has 0 spiro atoms. The molecule has 5 nitrogen and oxygen atoms in total. The fraction of sp³-hybridized carbons (Fsp3) is 0.696. The van der Waals surface area contributed by atoms with E-state index in [1.54, 1.807) is 0 Å². The minimum Gasteiger partial charge on any atom is -0.387 e. The molecule has 4 rings (SSSR count). The monoisotopic (exact) mass is 385 g/mol. The number of carbonyl (C=O) groups excluding carboxylic acids is 1. The highest BCUT2D eigenvalue weighted by atomic mass is 16.3. The van der Waals surface area contributed by atoms with Crippen molar-refractivity contribution in [1.82, 2.24) is 15.5 Å². The number of fused-ring (bicyclic) bond motifs is 1.